The van der Waals surface area contributed by atoms with Gasteiger partial charge in [0.1, 0.15) is 0 Å². The molecule has 0 aromatic heterocycles. The number of nitrogens with one attached hydrogen (secondary N) is 1. The van der Waals surface area contributed by atoms with Gasteiger partial charge in [-0.05, 0) is 49.7 Å². The van der Waals surface area contributed by atoms with Gasteiger partial charge in [0.15, 0.2) is 0 Å². The fourth-order valence-corrected chi connectivity index (χ4v) is 4.77. The molecule has 0 heterocycles. The highest BCUT2D eigenvalue weighted by Crippen LogP contribution is 2.36. The molecule has 0 spiro atoms. The number of hydrogen-bond donors (Lipinski definition) is 1. The van der Waals surface area contributed by atoms with E-state index in [0.29, 0.717) is 11.6 Å². The van der Waals surface area contributed by atoms with E-state index >= 15 is 0 Å². The lowest BCUT2D eigenvalue weighted by Gasteiger charge is -2.22. The van der Waals surface area contributed by atoms with Gasteiger partial charge in [-0.2, -0.15) is 17.5 Å². The maximum Gasteiger partial charge on any atom is 0.417 e. The molecule has 34 heavy (non-hydrogen) atoms. The zero-order valence-electron chi connectivity index (χ0n) is 18.4. The fraction of sp³-hybridized carbons (Fsp3) is 0.208. The highest BCUT2D eigenvalue weighted by molar-refractivity contribution is 7.89. The van der Waals surface area contributed by atoms with E-state index in [1.54, 1.807) is 24.3 Å². The largest absolute Gasteiger partial charge is 0.417 e. The van der Waals surface area contributed by atoms with Gasteiger partial charge in [-0.25, -0.2) is 8.42 Å². The second-order valence-electron chi connectivity index (χ2n) is 7.81. The minimum Gasteiger partial charge on any atom is -0.325 e. The van der Waals surface area contributed by atoms with Crippen LogP contribution in [0.2, 0.25) is 5.02 Å². The number of amides is 1. The predicted molar refractivity (Wildman–Crippen MR) is 125 cm³/mol. The number of benzene rings is 3. The summed E-state index contributed by atoms with van der Waals surface area (Å²) in [6.07, 6.45) is -4.70. The summed E-state index contributed by atoms with van der Waals surface area (Å²) in [6, 6.07) is 16.3. The van der Waals surface area contributed by atoms with Crippen molar-refractivity contribution in [3.05, 3.63) is 94.0 Å². The van der Waals surface area contributed by atoms with E-state index in [0.717, 1.165) is 21.5 Å². The molecule has 0 saturated heterocycles. The van der Waals surface area contributed by atoms with E-state index in [4.69, 9.17) is 11.6 Å². The molecule has 3 aromatic rings. The summed E-state index contributed by atoms with van der Waals surface area (Å²) < 4.78 is 67.0. The maximum absolute atomic E-state index is 13.3. The van der Waals surface area contributed by atoms with Crippen molar-refractivity contribution in [1.82, 2.24) is 4.31 Å². The molecule has 0 atom stereocenters. The van der Waals surface area contributed by atoms with E-state index in [9.17, 15) is 26.4 Å². The smallest absolute Gasteiger partial charge is 0.325 e. The molecular formula is C24H22ClF3N2O3S. The summed E-state index contributed by atoms with van der Waals surface area (Å²) in [5.41, 5.74) is 1.25. The number of rotatable bonds is 7. The minimum absolute atomic E-state index is 0.00358. The molecule has 1 N–H and O–H groups in total. The number of anilines is 1. The highest BCUT2D eigenvalue weighted by Gasteiger charge is 2.33. The first-order valence-corrected chi connectivity index (χ1v) is 12.0. The molecule has 3 rings (SSSR count). The fourth-order valence-electron chi connectivity index (χ4n) is 3.16. The van der Waals surface area contributed by atoms with Crippen molar-refractivity contribution in [2.45, 2.75) is 31.5 Å². The van der Waals surface area contributed by atoms with E-state index in [-0.39, 0.29) is 17.1 Å². The van der Waals surface area contributed by atoms with Crippen LogP contribution >= 0.6 is 11.6 Å². The SMILES string of the molecule is Cc1ccc(CN(CC(=O)Nc2ccc(Cl)c(C(F)(F)F)c2)S(=O)(=O)c2ccc(C)cc2)cc1. The lowest BCUT2D eigenvalue weighted by atomic mass is 10.1. The van der Waals surface area contributed by atoms with Gasteiger partial charge in [0.05, 0.1) is 22.0 Å². The molecule has 0 saturated carbocycles. The van der Waals surface area contributed by atoms with Crippen LogP contribution < -0.4 is 5.32 Å². The molecule has 0 aliphatic rings. The van der Waals surface area contributed by atoms with E-state index in [2.05, 4.69) is 5.32 Å². The summed E-state index contributed by atoms with van der Waals surface area (Å²) in [4.78, 5) is 12.7. The average molecular weight is 511 g/mol. The Bertz CT molecular complexity index is 1280. The zero-order valence-corrected chi connectivity index (χ0v) is 19.9. The maximum atomic E-state index is 13.3. The zero-order chi connectivity index (χ0) is 25.1. The number of aryl methyl sites for hydroxylation is 2. The molecule has 0 aliphatic carbocycles. The number of nitrogens with zero attached hydrogens (tertiary/aromatic N) is 1. The van der Waals surface area contributed by atoms with Crippen molar-refractivity contribution in [3.63, 3.8) is 0 Å². The number of hydrogen-bond acceptors (Lipinski definition) is 3. The predicted octanol–water partition coefficient (Wildman–Crippen LogP) is 5.81. The third kappa shape index (κ3) is 6.37. The van der Waals surface area contributed by atoms with Gasteiger partial charge >= 0.3 is 6.18 Å². The Morgan fingerprint density at radius 3 is 2.06 bits per heavy atom. The summed E-state index contributed by atoms with van der Waals surface area (Å²) in [5.74, 6) is -0.793. The van der Waals surface area contributed by atoms with Crippen molar-refractivity contribution in [2.75, 3.05) is 11.9 Å². The Morgan fingerprint density at radius 2 is 1.50 bits per heavy atom. The second kappa shape index (κ2) is 10.2. The van der Waals surface area contributed by atoms with Gasteiger partial charge in [0.25, 0.3) is 0 Å². The van der Waals surface area contributed by atoms with Gasteiger partial charge in [-0.15, -0.1) is 0 Å². The number of alkyl halides is 3. The van der Waals surface area contributed by atoms with Crippen molar-refractivity contribution < 1.29 is 26.4 Å². The molecule has 0 aliphatic heterocycles. The first kappa shape index (κ1) is 25.7. The third-order valence-electron chi connectivity index (χ3n) is 5.01. The summed E-state index contributed by atoms with van der Waals surface area (Å²) in [6.45, 7) is 3.00. The Morgan fingerprint density at radius 1 is 0.941 bits per heavy atom. The molecular weight excluding hydrogens is 489 g/mol. The molecule has 180 valence electrons. The molecule has 0 fully saturated rings. The molecule has 0 unspecified atom stereocenters. The van der Waals surface area contributed by atoms with Crippen LogP contribution in [-0.4, -0.2) is 25.2 Å². The van der Waals surface area contributed by atoms with Crippen molar-refractivity contribution >= 4 is 33.2 Å². The second-order valence-corrected chi connectivity index (χ2v) is 10.2. The number of carbonyl (C=O) groups is 1. The van der Waals surface area contributed by atoms with Crippen LogP contribution in [0, 0.1) is 13.8 Å². The molecule has 3 aromatic carbocycles. The van der Waals surface area contributed by atoms with E-state index in [1.807, 2.05) is 26.0 Å². The van der Waals surface area contributed by atoms with Crippen LogP contribution in [0.1, 0.15) is 22.3 Å². The van der Waals surface area contributed by atoms with Crippen molar-refractivity contribution in [1.29, 1.82) is 0 Å². The van der Waals surface area contributed by atoms with E-state index in [1.165, 1.54) is 18.2 Å². The highest BCUT2D eigenvalue weighted by atomic mass is 35.5. The standard InChI is InChI=1S/C24H22ClF3N2O3S/c1-16-3-7-18(8-4-16)14-30(34(32,33)20-10-5-17(2)6-11-20)15-23(31)29-19-9-12-22(25)21(13-19)24(26,27)28/h3-13H,14-15H2,1-2H3,(H,29,31). The molecule has 0 bridgehead atoms. The Labute approximate surface area is 201 Å². The normalized spacial score (nSPS) is 12.1. The van der Waals surface area contributed by atoms with Crippen molar-refractivity contribution in [2.24, 2.45) is 0 Å². The first-order chi connectivity index (χ1) is 15.9. The summed E-state index contributed by atoms with van der Waals surface area (Å²) in [7, 11) is -4.08. The first-order valence-electron chi connectivity index (χ1n) is 10.2. The molecule has 0 radical (unpaired) electrons. The topological polar surface area (TPSA) is 66.5 Å². The van der Waals surface area contributed by atoms with Crippen LogP contribution in [0.4, 0.5) is 18.9 Å². The average Bonchev–Trinajstić information content (AvgIpc) is 2.75. The van der Waals surface area contributed by atoms with Crippen LogP contribution in [-0.2, 0) is 27.5 Å². The van der Waals surface area contributed by atoms with Gasteiger partial charge in [-0.1, -0.05) is 59.1 Å². The van der Waals surface area contributed by atoms with Crippen LogP contribution in [0.15, 0.2) is 71.6 Å². The molecule has 5 nitrogen and oxygen atoms in total. The Kier molecular flexibility index (Phi) is 7.70. The lowest BCUT2D eigenvalue weighted by molar-refractivity contribution is -0.137. The van der Waals surface area contributed by atoms with Gasteiger partial charge in [0.2, 0.25) is 15.9 Å². The van der Waals surface area contributed by atoms with Crippen LogP contribution in [0.25, 0.3) is 0 Å². The van der Waals surface area contributed by atoms with Crippen molar-refractivity contribution in [3.8, 4) is 0 Å². The number of sulfonamides is 1. The number of halogens is 4. The Hall–Kier alpha value is -2.88. The monoisotopic (exact) mass is 510 g/mol. The molecule has 10 heteroatoms. The van der Waals surface area contributed by atoms with Gasteiger partial charge < -0.3 is 5.32 Å². The van der Waals surface area contributed by atoms with Crippen LogP contribution in [0.5, 0.6) is 0 Å². The lowest BCUT2D eigenvalue weighted by Crippen LogP contribution is -2.37. The Balaban J connectivity index is 1.88. The van der Waals surface area contributed by atoms with E-state index < -0.39 is 39.2 Å². The quantitative estimate of drug-likeness (QED) is 0.436. The molecule has 1 amide bonds. The minimum atomic E-state index is -4.70. The summed E-state index contributed by atoms with van der Waals surface area (Å²) >= 11 is 5.62. The summed E-state index contributed by atoms with van der Waals surface area (Å²) in [5, 5.41) is 1.83. The van der Waals surface area contributed by atoms with Gasteiger partial charge in [0, 0.05) is 12.2 Å². The van der Waals surface area contributed by atoms with Gasteiger partial charge in [-0.3, -0.25) is 4.79 Å². The third-order valence-corrected chi connectivity index (χ3v) is 7.15. The number of carbonyl (C=O) groups excluding carboxylic acids is 1. The van der Waals surface area contributed by atoms with Crippen LogP contribution in [0.3, 0.4) is 0 Å².